The standard InChI is InChI=1S/C17H16Br2O4/c1-10-5-15(3-4-16(10)23-11(2)17(20)21)22-9-12-6-13(18)8-14(19)7-12/h3-8,11H,9H2,1-2H3,(H,20,21). The number of carbonyl (C=O) groups is 1. The van der Waals surface area contributed by atoms with Crippen LogP contribution < -0.4 is 9.47 Å². The lowest BCUT2D eigenvalue weighted by atomic mass is 10.2. The molecule has 0 aliphatic heterocycles. The van der Waals surface area contributed by atoms with E-state index >= 15 is 0 Å². The van der Waals surface area contributed by atoms with Gasteiger partial charge >= 0.3 is 5.97 Å². The van der Waals surface area contributed by atoms with E-state index in [9.17, 15) is 4.79 Å². The van der Waals surface area contributed by atoms with Gasteiger partial charge in [0.25, 0.3) is 0 Å². The zero-order valence-corrected chi connectivity index (χ0v) is 15.8. The van der Waals surface area contributed by atoms with E-state index in [1.165, 1.54) is 6.92 Å². The second kappa shape index (κ2) is 7.84. The smallest absolute Gasteiger partial charge is 0.344 e. The van der Waals surface area contributed by atoms with Crippen LogP contribution in [0.3, 0.4) is 0 Å². The molecule has 1 N–H and O–H groups in total. The molecule has 6 heteroatoms. The molecule has 0 amide bonds. The lowest BCUT2D eigenvalue weighted by Crippen LogP contribution is -2.23. The number of halogens is 2. The van der Waals surface area contributed by atoms with Crippen molar-refractivity contribution in [1.29, 1.82) is 0 Å². The average molecular weight is 444 g/mol. The zero-order valence-electron chi connectivity index (χ0n) is 12.7. The highest BCUT2D eigenvalue weighted by atomic mass is 79.9. The van der Waals surface area contributed by atoms with Gasteiger partial charge in [-0.15, -0.1) is 0 Å². The van der Waals surface area contributed by atoms with Gasteiger partial charge < -0.3 is 14.6 Å². The first-order chi connectivity index (χ1) is 10.8. The van der Waals surface area contributed by atoms with Crippen molar-refractivity contribution < 1.29 is 19.4 Å². The maximum absolute atomic E-state index is 10.8. The number of ether oxygens (including phenoxy) is 2. The molecule has 0 aliphatic rings. The van der Waals surface area contributed by atoms with Gasteiger partial charge in [-0.2, -0.15) is 0 Å². The summed E-state index contributed by atoms with van der Waals surface area (Å²) in [5.41, 5.74) is 1.86. The van der Waals surface area contributed by atoms with E-state index in [-0.39, 0.29) is 0 Å². The summed E-state index contributed by atoms with van der Waals surface area (Å²) in [5.74, 6) is 0.247. The van der Waals surface area contributed by atoms with Gasteiger partial charge in [-0.05, 0) is 61.4 Å². The molecule has 0 bridgehead atoms. The second-order valence-corrected chi connectivity index (χ2v) is 6.92. The van der Waals surface area contributed by atoms with Gasteiger partial charge in [0.1, 0.15) is 18.1 Å². The molecule has 0 saturated carbocycles. The minimum atomic E-state index is -0.995. The van der Waals surface area contributed by atoms with Crippen molar-refractivity contribution in [3.63, 3.8) is 0 Å². The van der Waals surface area contributed by atoms with Crippen LogP contribution in [0.25, 0.3) is 0 Å². The van der Waals surface area contributed by atoms with E-state index in [0.717, 1.165) is 20.1 Å². The number of benzene rings is 2. The fourth-order valence-electron chi connectivity index (χ4n) is 1.95. The van der Waals surface area contributed by atoms with Crippen molar-refractivity contribution in [2.45, 2.75) is 26.6 Å². The Balaban J connectivity index is 2.04. The van der Waals surface area contributed by atoms with Crippen LogP contribution in [-0.4, -0.2) is 17.2 Å². The Hall–Kier alpha value is -1.53. The van der Waals surface area contributed by atoms with E-state index in [4.69, 9.17) is 14.6 Å². The highest BCUT2D eigenvalue weighted by Crippen LogP contribution is 2.26. The minimum Gasteiger partial charge on any atom is -0.489 e. The Bertz CT molecular complexity index is 695. The average Bonchev–Trinajstić information content (AvgIpc) is 2.46. The fraction of sp³-hybridized carbons (Fsp3) is 0.235. The van der Waals surface area contributed by atoms with Gasteiger partial charge in [-0.3, -0.25) is 0 Å². The van der Waals surface area contributed by atoms with Crippen molar-refractivity contribution in [3.8, 4) is 11.5 Å². The predicted octanol–water partition coefficient (Wildman–Crippen LogP) is 4.95. The Labute approximate surface area is 151 Å². The van der Waals surface area contributed by atoms with Crippen LogP contribution in [0, 0.1) is 6.92 Å². The molecule has 1 unspecified atom stereocenters. The van der Waals surface area contributed by atoms with E-state index in [1.54, 1.807) is 12.1 Å². The van der Waals surface area contributed by atoms with Crippen LogP contribution in [0.2, 0.25) is 0 Å². The van der Waals surface area contributed by atoms with Crippen LogP contribution in [0.1, 0.15) is 18.1 Å². The summed E-state index contributed by atoms with van der Waals surface area (Å²) in [6.07, 6.45) is -0.889. The first kappa shape index (κ1) is 17.8. The molecule has 0 fully saturated rings. The second-order valence-electron chi connectivity index (χ2n) is 5.09. The van der Waals surface area contributed by atoms with Gasteiger partial charge in [-0.1, -0.05) is 31.9 Å². The van der Waals surface area contributed by atoms with E-state index in [1.807, 2.05) is 31.2 Å². The summed E-state index contributed by atoms with van der Waals surface area (Å²) in [4.78, 5) is 10.8. The van der Waals surface area contributed by atoms with Crippen molar-refractivity contribution in [3.05, 3.63) is 56.5 Å². The van der Waals surface area contributed by atoms with Crippen molar-refractivity contribution in [1.82, 2.24) is 0 Å². The lowest BCUT2D eigenvalue weighted by Gasteiger charge is -2.14. The number of carboxylic acid groups (broad SMARTS) is 1. The lowest BCUT2D eigenvalue weighted by molar-refractivity contribution is -0.144. The fourth-order valence-corrected chi connectivity index (χ4v) is 3.33. The number of rotatable bonds is 6. The molecule has 0 radical (unpaired) electrons. The number of hydrogen-bond donors (Lipinski definition) is 1. The molecule has 0 heterocycles. The van der Waals surface area contributed by atoms with Crippen LogP contribution in [0.15, 0.2) is 45.3 Å². The Morgan fingerprint density at radius 1 is 1.17 bits per heavy atom. The number of carboxylic acids is 1. The van der Waals surface area contributed by atoms with Crippen LogP contribution in [0.4, 0.5) is 0 Å². The molecular weight excluding hydrogens is 428 g/mol. The summed E-state index contributed by atoms with van der Waals surface area (Å²) in [6, 6.07) is 11.3. The van der Waals surface area contributed by atoms with Gasteiger partial charge in [-0.25, -0.2) is 4.79 Å². The molecule has 4 nitrogen and oxygen atoms in total. The van der Waals surface area contributed by atoms with E-state index in [0.29, 0.717) is 18.1 Å². The number of aliphatic carboxylic acids is 1. The van der Waals surface area contributed by atoms with Crippen LogP contribution in [0.5, 0.6) is 11.5 Å². The third-order valence-corrected chi connectivity index (χ3v) is 4.04. The largest absolute Gasteiger partial charge is 0.489 e. The van der Waals surface area contributed by atoms with Crippen LogP contribution in [-0.2, 0) is 11.4 Å². The minimum absolute atomic E-state index is 0.434. The third-order valence-electron chi connectivity index (χ3n) is 3.13. The van der Waals surface area contributed by atoms with Crippen molar-refractivity contribution in [2.75, 3.05) is 0 Å². The molecule has 0 saturated heterocycles. The van der Waals surface area contributed by atoms with Gasteiger partial charge in [0, 0.05) is 8.95 Å². The highest BCUT2D eigenvalue weighted by Gasteiger charge is 2.14. The molecule has 0 spiro atoms. The first-order valence-electron chi connectivity index (χ1n) is 6.93. The van der Waals surface area contributed by atoms with E-state index < -0.39 is 12.1 Å². The first-order valence-corrected chi connectivity index (χ1v) is 8.51. The number of hydrogen-bond acceptors (Lipinski definition) is 3. The topological polar surface area (TPSA) is 55.8 Å². The molecule has 1 atom stereocenters. The molecule has 0 aliphatic carbocycles. The Morgan fingerprint density at radius 2 is 1.83 bits per heavy atom. The Morgan fingerprint density at radius 3 is 2.39 bits per heavy atom. The monoisotopic (exact) mass is 442 g/mol. The Kier molecular flexibility index (Phi) is 6.07. The molecule has 122 valence electrons. The molecule has 23 heavy (non-hydrogen) atoms. The van der Waals surface area contributed by atoms with Gasteiger partial charge in [0.2, 0.25) is 0 Å². The molecule has 2 rings (SSSR count). The van der Waals surface area contributed by atoms with Crippen molar-refractivity contribution in [2.24, 2.45) is 0 Å². The predicted molar refractivity (Wildman–Crippen MR) is 95.1 cm³/mol. The summed E-state index contributed by atoms with van der Waals surface area (Å²) in [5, 5.41) is 8.89. The SMILES string of the molecule is Cc1cc(OCc2cc(Br)cc(Br)c2)ccc1OC(C)C(=O)O. The normalized spacial score (nSPS) is 11.8. The molecule has 2 aromatic carbocycles. The summed E-state index contributed by atoms with van der Waals surface area (Å²) in [7, 11) is 0. The molecule has 2 aromatic rings. The summed E-state index contributed by atoms with van der Waals surface area (Å²) in [6.45, 7) is 3.78. The van der Waals surface area contributed by atoms with E-state index in [2.05, 4.69) is 31.9 Å². The number of aryl methyl sites for hydroxylation is 1. The van der Waals surface area contributed by atoms with Crippen LogP contribution >= 0.6 is 31.9 Å². The van der Waals surface area contributed by atoms with Gasteiger partial charge in [0.05, 0.1) is 0 Å². The summed E-state index contributed by atoms with van der Waals surface area (Å²) >= 11 is 6.89. The van der Waals surface area contributed by atoms with Crippen molar-refractivity contribution >= 4 is 37.8 Å². The molecule has 0 aromatic heterocycles. The maximum atomic E-state index is 10.8. The highest BCUT2D eigenvalue weighted by molar-refractivity contribution is 9.11. The zero-order chi connectivity index (χ0) is 17.0. The third kappa shape index (κ3) is 5.25. The maximum Gasteiger partial charge on any atom is 0.344 e. The summed E-state index contributed by atoms with van der Waals surface area (Å²) < 4.78 is 13.1. The van der Waals surface area contributed by atoms with Gasteiger partial charge in [0.15, 0.2) is 6.10 Å². The quantitative estimate of drug-likeness (QED) is 0.686. The molecular formula is C17H16Br2O4.